The van der Waals surface area contributed by atoms with Gasteiger partial charge in [0.15, 0.2) is 7.28 Å². The molecule has 0 unspecified atom stereocenters. The standard InChI is InChI=1S/C58H47BN2OS/c1-57(2,3)36-21-24-38(25-22-36)60-47-28-23-37(58(4,5)6)29-42(47)40-26-27-41-43-30-44-39-19-13-14-20-50(39)62-51(44)33-48(43)61-49-31-45-52(32-46(49)59-54(40)55(41)61)63-56(35-17-11-8-12-18-35)53(45)34-15-9-7-10-16-34/h7-33,59-60H,1-6H3. The van der Waals surface area contributed by atoms with Crippen LogP contribution in [0.1, 0.15) is 52.7 Å². The highest BCUT2D eigenvalue weighted by Gasteiger charge is 2.30. The highest BCUT2D eigenvalue weighted by Crippen LogP contribution is 2.47. The number of hydrogen-bond donors (Lipinski definition) is 1. The number of fused-ring (bicyclic) bond motifs is 9. The SMILES string of the molecule is CC(C)(C)c1ccc(Nc2ccc(C(C)(C)C)cc2-c2ccc3c4cc5c(cc4n4c3c2Bc2cc3sc(-c6ccccc6)c(-c6ccccc6)c3cc2-4)oc2ccccc25)cc1. The van der Waals surface area contributed by atoms with Gasteiger partial charge in [-0.1, -0.05) is 156 Å². The van der Waals surface area contributed by atoms with E-state index in [0.29, 0.717) is 0 Å². The van der Waals surface area contributed by atoms with E-state index in [-0.39, 0.29) is 10.8 Å². The second-order valence-electron chi connectivity index (χ2n) is 19.4. The van der Waals surface area contributed by atoms with Crippen molar-refractivity contribution in [3.63, 3.8) is 0 Å². The van der Waals surface area contributed by atoms with Gasteiger partial charge in [0.1, 0.15) is 11.2 Å². The third kappa shape index (κ3) is 6.08. The van der Waals surface area contributed by atoms with Crippen molar-refractivity contribution in [3.05, 3.63) is 175 Å². The summed E-state index contributed by atoms with van der Waals surface area (Å²) in [6.45, 7) is 13.7. The van der Waals surface area contributed by atoms with E-state index in [1.54, 1.807) is 0 Å². The molecule has 3 nitrogen and oxygen atoms in total. The van der Waals surface area contributed by atoms with E-state index in [9.17, 15) is 0 Å². The zero-order chi connectivity index (χ0) is 42.8. The summed E-state index contributed by atoms with van der Waals surface area (Å²) in [5.41, 5.74) is 19.3. The van der Waals surface area contributed by atoms with E-state index < -0.39 is 0 Å². The van der Waals surface area contributed by atoms with Gasteiger partial charge in [0, 0.05) is 76.3 Å². The summed E-state index contributed by atoms with van der Waals surface area (Å²) in [4.78, 5) is 1.30. The first-order chi connectivity index (χ1) is 30.5. The number of furan rings is 1. The Kier molecular flexibility index (Phi) is 8.33. The van der Waals surface area contributed by atoms with Crippen LogP contribution in [0.15, 0.2) is 168 Å². The molecule has 0 spiro atoms. The fourth-order valence-corrected chi connectivity index (χ4v) is 11.3. The molecule has 0 radical (unpaired) electrons. The maximum atomic E-state index is 6.61. The molecule has 5 heteroatoms. The van der Waals surface area contributed by atoms with E-state index in [4.69, 9.17) is 4.42 Å². The van der Waals surface area contributed by atoms with Crippen LogP contribution in [-0.2, 0) is 10.8 Å². The fourth-order valence-electron chi connectivity index (χ4n) is 10.0. The van der Waals surface area contributed by atoms with E-state index >= 15 is 0 Å². The average molecular weight is 831 g/mol. The first kappa shape index (κ1) is 37.9. The van der Waals surface area contributed by atoms with Crippen molar-refractivity contribution >= 4 is 94.7 Å². The molecule has 0 saturated heterocycles. The number of para-hydroxylation sites is 1. The van der Waals surface area contributed by atoms with E-state index in [1.807, 2.05) is 11.3 Å². The molecule has 12 rings (SSSR count). The van der Waals surface area contributed by atoms with E-state index in [1.165, 1.54) is 86.8 Å². The van der Waals surface area contributed by atoms with Crippen LogP contribution < -0.4 is 16.2 Å². The zero-order valence-corrected chi connectivity index (χ0v) is 37.4. The molecule has 0 bridgehead atoms. The number of thiophene rings is 1. The van der Waals surface area contributed by atoms with Crippen LogP contribution in [0.2, 0.25) is 0 Å². The van der Waals surface area contributed by atoms with Crippen LogP contribution in [0.5, 0.6) is 0 Å². The summed E-state index contributed by atoms with van der Waals surface area (Å²) in [5, 5.41) is 9.97. The van der Waals surface area contributed by atoms with Gasteiger partial charge in [0.2, 0.25) is 0 Å². The van der Waals surface area contributed by atoms with Crippen LogP contribution in [0.25, 0.3) is 92.2 Å². The van der Waals surface area contributed by atoms with Crippen molar-refractivity contribution in [2.24, 2.45) is 0 Å². The summed E-state index contributed by atoms with van der Waals surface area (Å²) in [7, 11) is 0.812. The highest BCUT2D eigenvalue weighted by atomic mass is 32.1. The zero-order valence-electron chi connectivity index (χ0n) is 36.6. The van der Waals surface area contributed by atoms with Gasteiger partial charge in [-0.2, -0.15) is 0 Å². The Bertz CT molecular complexity index is 3620. The lowest BCUT2D eigenvalue weighted by atomic mass is 9.59. The lowest BCUT2D eigenvalue weighted by molar-refractivity contribution is 0.590. The van der Waals surface area contributed by atoms with Crippen LogP contribution in [-0.4, -0.2) is 11.8 Å². The van der Waals surface area contributed by atoms with Crippen LogP contribution in [0, 0.1) is 0 Å². The number of nitrogens with one attached hydrogen (secondary N) is 1. The van der Waals surface area contributed by atoms with Gasteiger partial charge in [0.05, 0.1) is 5.52 Å². The minimum Gasteiger partial charge on any atom is -0.456 e. The summed E-state index contributed by atoms with van der Waals surface area (Å²) in [5.74, 6) is 0. The molecule has 1 aliphatic rings. The lowest BCUT2D eigenvalue weighted by Crippen LogP contribution is -2.37. The summed E-state index contributed by atoms with van der Waals surface area (Å²) in [6, 6.07) is 60.7. The third-order valence-electron chi connectivity index (χ3n) is 13.3. The van der Waals surface area contributed by atoms with Crippen LogP contribution in [0.3, 0.4) is 0 Å². The fraction of sp³-hybridized carbons (Fsp3) is 0.138. The second-order valence-corrected chi connectivity index (χ2v) is 20.5. The van der Waals surface area contributed by atoms with Crippen molar-refractivity contribution in [1.29, 1.82) is 0 Å². The minimum atomic E-state index is -0.0287. The van der Waals surface area contributed by atoms with Gasteiger partial charge in [-0.25, -0.2) is 0 Å². The Morgan fingerprint density at radius 3 is 1.98 bits per heavy atom. The maximum Gasteiger partial charge on any atom is 0.198 e. The third-order valence-corrected chi connectivity index (χ3v) is 14.5. The number of benzene rings is 8. The molecule has 0 atom stereocenters. The maximum absolute atomic E-state index is 6.61. The molecule has 1 N–H and O–H groups in total. The van der Waals surface area contributed by atoms with Crippen molar-refractivity contribution in [1.82, 2.24) is 4.57 Å². The average Bonchev–Trinajstić information content (AvgIpc) is 3.95. The Balaban J connectivity index is 1.15. The molecule has 0 amide bonds. The molecule has 63 heavy (non-hydrogen) atoms. The smallest absolute Gasteiger partial charge is 0.198 e. The van der Waals surface area contributed by atoms with Gasteiger partial charge in [-0.3, -0.25) is 0 Å². The van der Waals surface area contributed by atoms with Crippen LogP contribution in [0.4, 0.5) is 11.4 Å². The Morgan fingerprint density at radius 1 is 0.540 bits per heavy atom. The minimum absolute atomic E-state index is 0.0287. The first-order valence-electron chi connectivity index (χ1n) is 22.1. The topological polar surface area (TPSA) is 30.1 Å². The molecule has 0 aliphatic carbocycles. The number of hydrogen-bond acceptors (Lipinski definition) is 3. The molecule has 1 aliphatic heterocycles. The summed E-state index contributed by atoms with van der Waals surface area (Å²) < 4.78 is 10.5. The normalized spacial score (nSPS) is 12.7. The highest BCUT2D eigenvalue weighted by molar-refractivity contribution is 7.23. The Morgan fingerprint density at radius 2 is 1.24 bits per heavy atom. The number of rotatable bonds is 5. The van der Waals surface area contributed by atoms with Crippen molar-refractivity contribution < 1.29 is 4.42 Å². The van der Waals surface area contributed by atoms with Gasteiger partial charge in [-0.05, 0) is 92.6 Å². The molecule has 304 valence electrons. The van der Waals surface area contributed by atoms with Crippen molar-refractivity contribution in [2.75, 3.05) is 5.32 Å². The molecular weight excluding hydrogens is 784 g/mol. The summed E-state index contributed by atoms with van der Waals surface area (Å²) >= 11 is 1.91. The number of aromatic nitrogens is 1. The van der Waals surface area contributed by atoms with Gasteiger partial charge in [-0.15, -0.1) is 11.3 Å². The molecule has 8 aromatic carbocycles. The molecule has 0 saturated carbocycles. The van der Waals surface area contributed by atoms with E-state index in [2.05, 4.69) is 215 Å². The van der Waals surface area contributed by atoms with Gasteiger partial charge >= 0.3 is 0 Å². The van der Waals surface area contributed by atoms with Gasteiger partial charge in [0.25, 0.3) is 0 Å². The molecule has 4 heterocycles. The molecular formula is C58H47BN2OS. The predicted molar refractivity (Wildman–Crippen MR) is 273 cm³/mol. The Labute approximate surface area is 372 Å². The monoisotopic (exact) mass is 830 g/mol. The molecule has 0 fully saturated rings. The number of anilines is 2. The van der Waals surface area contributed by atoms with E-state index in [0.717, 1.165) is 46.1 Å². The molecule has 11 aromatic rings. The quantitative estimate of drug-likeness (QED) is 0.175. The second kappa shape index (κ2) is 13.8. The largest absolute Gasteiger partial charge is 0.456 e. The molecule has 3 aromatic heterocycles. The van der Waals surface area contributed by atoms with Crippen molar-refractivity contribution in [3.8, 4) is 38.4 Å². The lowest BCUT2D eigenvalue weighted by Gasteiger charge is -2.26. The van der Waals surface area contributed by atoms with Crippen molar-refractivity contribution in [2.45, 2.75) is 52.4 Å². The first-order valence-corrected chi connectivity index (χ1v) is 22.9. The number of nitrogens with zero attached hydrogens (tertiary/aromatic N) is 1. The Hall–Kier alpha value is -6.82. The van der Waals surface area contributed by atoms with Gasteiger partial charge < -0.3 is 14.3 Å². The summed E-state index contributed by atoms with van der Waals surface area (Å²) in [6.07, 6.45) is 0. The predicted octanol–water partition coefficient (Wildman–Crippen LogP) is 14.9. The van der Waals surface area contributed by atoms with Crippen LogP contribution >= 0.6 is 11.3 Å².